The van der Waals surface area contributed by atoms with Gasteiger partial charge in [-0.25, -0.2) is 0 Å². The Bertz CT molecular complexity index is 1350. The molecule has 11 heteroatoms. The third kappa shape index (κ3) is 3.28. The molecule has 1 saturated carbocycles. The van der Waals surface area contributed by atoms with Gasteiger partial charge in [0.25, 0.3) is 5.91 Å². The first kappa shape index (κ1) is 26.2. The molecule has 0 radical (unpaired) electrons. The summed E-state index contributed by atoms with van der Waals surface area (Å²) in [7, 11) is 4.66. The van der Waals surface area contributed by atoms with Crippen LogP contribution in [0.15, 0.2) is 16.9 Å². The zero-order valence-corrected chi connectivity index (χ0v) is 21.9. The van der Waals surface area contributed by atoms with Gasteiger partial charge in [0.15, 0.2) is 11.4 Å². The quantitative estimate of drug-likeness (QED) is 0.343. The molecule has 1 amide bonds. The first-order valence-electron chi connectivity index (χ1n) is 12.7. The van der Waals surface area contributed by atoms with Crippen LogP contribution >= 0.6 is 0 Å². The number of aliphatic hydroxyl groups excluding tert-OH is 2. The molecule has 1 fully saturated rings. The molecule has 1 heterocycles. The van der Waals surface area contributed by atoms with Crippen molar-refractivity contribution in [2.75, 3.05) is 27.7 Å². The number of fused-ring (bicyclic) bond motifs is 4. The maximum absolute atomic E-state index is 14.0. The molecular formula is C27H33N3O8. The van der Waals surface area contributed by atoms with Crippen molar-refractivity contribution < 1.29 is 39.5 Å². The molecule has 5 rings (SSSR count). The SMILES string of the molecule is CCCN1Cc2c(O)c3c(c(OC)c2C1)C[C@H]1C[C@H]2[C@H](N(C)C)C(=O)C(C(N)=O)=C(O)[C@@]2(O)C(=O)C1=C3O. The third-order valence-electron chi connectivity index (χ3n) is 8.56. The highest BCUT2D eigenvalue weighted by atomic mass is 16.5. The molecule has 3 aliphatic carbocycles. The average molecular weight is 528 g/mol. The smallest absolute Gasteiger partial charge is 0.255 e. The van der Waals surface area contributed by atoms with E-state index in [1.807, 2.05) is 0 Å². The van der Waals surface area contributed by atoms with Crippen LogP contribution in [0.2, 0.25) is 0 Å². The lowest BCUT2D eigenvalue weighted by atomic mass is 9.57. The first-order valence-corrected chi connectivity index (χ1v) is 12.7. The largest absolute Gasteiger partial charge is 0.508 e. The van der Waals surface area contributed by atoms with Crippen LogP contribution in [0.4, 0.5) is 0 Å². The highest BCUT2D eigenvalue weighted by Crippen LogP contribution is 2.55. The fraction of sp³-hybridized carbons (Fsp3) is 0.519. The van der Waals surface area contributed by atoms with Gasteiger partial charge in [-0.1, -0.05) is 6.92 Å². The van der Waals surface area contributed by atoms with Crippen LogP contribution in [0.3, 0.4) is 0 Å². The molecule has 6 N–H and O–H groups in total. The molecule has 0 bridgehead atoms. The standard InChI is InChI=1S/C27H33N3O8/c1-5-6-30-9-13-14(10-30)23(38-4)12-7-11-8-15-19(29(2)3)22(33)18(26(28)36)25(35)27(15,37)24(34)16(11)21(32)17(12)20(13)31/h11,15,19,31-32,35,37H,5-10H2,1-4H3,(H2,28,36)/t11-,15-,19-,27-/m0/s1. The van der Waals surface area contributed by atoms with Gasteiger partial charge in [0.2, 0.25) is 5.78 Å². The predicted molar refractivity (Wildman–Crippen MR) is 135 cm³/mol. The van der Waals surface area contributed by atoms with Crippen molar-refractivity contribution in [1.82, 2.24) is 9.80 Å². The number of Topliss-reactive ketones (excluding diaryl/α,β-unsaturated/α-hetero) is 2. The normalized spacial score (nSPS) is 28.8. The highest BCUT2D eigenvalue weighted by molar-refractivity contribution is 6.24. The number of phenolic OH excluding ortho intramolecular Hbond substituents is 1. The summed E-state index contributed by atoms with van der Waals surface area (Å²) in [5.41, 5.74) is 3.76. The number of primary amides is 1. The summed E-state index contributed by atoms with van der Waals surface area (Å²) in [6, 6.07) is -1.12. The van der Waals surface area contributed by atoms with E-state index >= 15 is 0 Å². The molecule has 0 aromatic heterocycles. The summed E-state index contributed by atoms with van der Waals surface area (Å²) in [5, 5.41) is 45.4. The van der Waals surface area contributed by atoms with Crippen molar-refractivity contribution >= 4 is 23.2 Å². The van der Waals surface area contributed by atoms with Crippen LogP contribution in [-0.4, -0.2) is 87.1 Å². The lowest BCUT2D eigenvalue weighted by Crippen LogP contribution is -2.65. The molecule has 38 heavy (non-hydrogen) atoms. The maximum Gasteiger partial charge on any atom is 0.255 e. The van der Waals surface area contributed by atoms with Crippen molar-refractivity contribution in [1.29, 1.82) is 0 Å². The number of nitrogens with zero attached hydrogens (tertiary/aromatic N) is 2. The Morgan fingerprint density at radius 1 is 1.16 bits per heavy atom. The van der Waals surface area contributed by atoms with Gasteiger partial charge in [-0.05, 0) is 45.8 Å². The number of likely N-dealkylation sites (N-methyl/N-ethyl adjacent to an activating group) is 1. The minimum absolute atomic E-state index is 0.0364. The molecule has 0 unspecified atom stereocenters. The summed E-state index contributed by atoms with van der Waals surface area (Å²) in [4.78, 5) is 42.9. The van der Waals surface area contributed by atoms with Gasteiger partial charge < -0.3 is 30.9 Å². The number of rotatable bonds is 5. The number of aliphatic hydroxyl groups is 3. The van der Waals surface area contributed by atoms with Crippen LogP contribution in [-0.2, 0) is 33.9 Å². The second-order valence-corrected chi connectivity index (χ2v) is 10.9. The fourth-order valence-corrected chi connectivity index (χ4v) is 7.01. The van der Waals surface area contributed by atoms with Gasteiger partial charge in [-0.15, -0.1) is 0 Å². The number of aromatic hydroxyl groups is 1. The second kappa shape index (κ2) is 8.82. The Morgan fingerprint density at radius 2 is 1.82 bits per heavy atom. The number of ether oxygens (including phenoxy) is 1. The van der Waals surface area contributed by atoms with Crippen LogP contribution in [0.1, 0.15) is 42.0 Å². The number of carbonyl (C=O) groups excluding carboxylic acids is 3. The number of benzene rings is 1. The van der Waals surface area contributed by atoms with Gasteiger partial charge >= 0.3 is 0 Å². The van der Waals surface area contributed by atoms with Gasteiger partial charge in [-0.3, -0.25) is 24.2 Å². The monoisotopic (exact) mass is 527 g/mol. The van der Waals surface area contributed by atoms with E-state index in [1.54, 1.807) is 14.1 Å². The zero-order chi connectivity index (χ0) is 27.8. The Kier molecular flexibility index (Phi) is 6.08. The van der Waals surface area contributed by atoms with Crippen LogP contribution in [0.5, 0.6) is 11.5 Å². The zero-order valence-electron chi connectivity index (χ0n) is 21.9. The summed E-state index contributed by atoms with van der Waals surface area (Å²) >= 11 is 0. The number of hydrogen-bond acceptors (Lipinski definition) is 10. The lowest BCUT2D eigenvalue weighted by Gasteiger charge is -2.50. The van der Waals surface area contributed by atoms with Gasteiger partial charge in [0.1, 0.15) is 28.6 Å². The van der Waals surface area contributed by atoms with E-state index in [0.29, 0.717) is 30.0 Å². The van der Waals surface area contributed by atoms with Crippen molar-refractivity contribution in [3.05, 3.63) is 39.2 Å². The third-order valence-corrected chi connectivity index (χ3v) is 8.56. The van der Waals surface area contributed by atoms with Crippen molar-refractivity contribution in [3.8, 4) is 11.5 Å². The summed E-state index contributed by atoms with van der Waals surface area (Å²) in [6.45, 7) is 3.88. The van der Waals surface area contributed by atoms with Gasteiger partial charge in [0, 0.05) is 41.3 Å². The number of carbonyl (C=O) groups is 3. The Labute approximate surface area is 219 Å². The number of nitrogens with two attached hydrogens (primary N) is 1. The average Bonchev–Trinajstić information content (AvgIpc) is 3.25. The topological polar surface area (TPSA) is 174 Å². The first-order chi connectivity index (χ1) is 17.9. The van der Waals surface area contributed by atoms with Crippen LogP contribution in [0.25, 0.3) is 5.76 Å². The highest BCUT2D eigenvalue weighted by Gasteiger charge is 2.64. The van der Waals surface area contributed by atoms with Crippen molar-refractivity contribution in [2.24, 2.45) is 17.6 Å². The number of methoxy groups -OCH3 is 1. The number of amides is 1. The minimum Gasteiger partial charge on any atom is -0.508 e. The predicted octanol–water partition coefficient (Wildman–Crippen LogP) is 0.698. The molecule has 204 valence electrons. The van der Waals surface area contributed by atoms with Gasteiger partial charge in [0.05, 0.1) is 18.7 Å². The molecule has 4 aliphatic rings. The van der Waals surface area contributed by atoms with Crippen LogP contribution < -0.4 is 10.5 Å². The maximum atomic E-state index is 14.0. The van der Waals surface area contributed by atoms with Crippen LogP contribution in [0, 0.1) is 11.8 Å². The van der Waals surface area contributed by atoms with E-state index in [-0.39, 0.29) is 29.7 Å². The Hall–Kier alpha value is -3.41. The lowest BCUT2D eigenvalue weighted by molar-refractivity contribution is -0.153. The molecule has 1 aromatic rings. The van der Waals surface area contributed by atoms with E-state index in [4.69, 9.17) is 10.5 Å². The summed E-state index contributed by atoms with van der Waals surface area (Å²) in [6.07, 6.45) is 1.15. The molecule has 0 saturated heterocycles. The van der Waals surface area contributed by atoms with E-state index in [0.717, 1.165) is 18.5 Å². The molecule has 1 aromatic carbocycles. The summed E-state index contributed by atoms with van der Waals surface area (Å²) in [5.74, 6) is -6.04. The van der Waals surface area contributed by atoms with E-state index in [9.17, 15) is 34.8 Å². The van der Waals surface area contributed by atoms with Crippen molar-refractivity contribution in [2.45, 2.75) is 50.9 Å². The Morgan fingerprint density at radius 3 is 2.39 bits per heavy atom. The molecule has 4 atom stereocenters. The number of ketones is 2. The Balaban J connectivity index is 1.72. The van der Waals surface area contributed by atoms with E-state index in [1.165, 1.54) is 12.0 Å². The van der Waals surface area contributed by atoms with Crippen molar-refractivity contribution in [3.63, 3.8) is 0 Å². The molecule has 11 nitrogen and oxygen atoms in total. The molecular weight excluding hydrogens is 494 g/mol. The van der Waals surface area contributed by atoms with E-state index < -0.39 is 58.0 Å². The minimum atomic E-state index is -2.65. The van der Waals surface area contributed by atoms with Gasteiger partial charge in [-0.2, -0.15) is 0 Å². The molecule has 0 spiro atoms. The summed E-state index contributed by atoms with van der Waals surface area (Å²) < 4.78 is 5.79. The molecule has 1 aliphatic heterocycles. The van der Waals surface area contributed by atoms with E-state index in [2.05, 4.69) is 11.8 Å². The number of phenols is 1. The fourth-order valence-electron chi connectivity index (χ4n) is 7.01. The second-order valence-electron chi connectivity index (χ2n) is 10.9. The number of hydrogen-bond donors (Lipinski definition) is 5.